The Morgan fingerprint density at radius 3 is 2.62 bits per heavy atom. The normalized spacial score (nSPS) is 13.8. The number of amides is 1. The predicted octanol–water partition coefficient (Wildman–Crippen LogP) is 3.10. The van der Waals surface area contributed by atoms with Gasteiger partial charge in [0.2, 0.25) is 0 Å². The molecule has 1 aliphatic heterocycles. The molecule has 0 saturated carbocycles. The van der Waals surface area contributed by atoms with Gasteiger partial charge in [-0.1, -0.05) is 12.1 Å². The standard InChI is InChI=1S/C20H19N5O3S/c1-12(2)29(27,28)15-5-3-13(4-6-15)16-10-22-19-18(24-16)17(11-23-19)25-20(26)14-7-8-21-9-14/h3-6,8-12H,7H2,1-2H3,(H,22,23)(H,25,26). The van der Waals surface area contributed by atoms with E-state index in [0.717, 1.165) is 5.56 Å². The van der Waals surface area contributed by atoms with Crippen molar-refractivity contribution in [1.29, 1.82) is 0 Å². The van der Waals surface area contributed by atoms with Crippen molar-refractivity contribution in [1.82, 2.24) is 15.0 Å². The predicted molar refractivity (Wildman–Crippen MR) is 111 cm³/mol. The van der Waals surface area contributed by atoms with Crippen molar-refractivity contribution in [2.45, 2.75) is 30.4 Å². The average molecular weight is 409 g/mol. The van der Waals surface area contributed by atoms with Crippen LogP contribution in [0.15, 0.2) is 58.3 Å². The SMILES string of the molecule is CC(C)S(=O)(=O)c1ccc(-c2cnc3[nH]cc(NC(=O)C4=CN=CC4)c3n2)cc1. The Kier molecular flexibility index (Phi) is 4.75. The van der Waals surface area contributed by atoms with E-state index in [1.807, 2.05) is 0 Å². The number of H-pyrrole nitrogens is 1. The molecule has 0 radical (unpaired) electrons. The van der Waals surface area contributed by atoms with Gasteiger partial charge in [0, 0.05) is 36.2 Å². The van der Waals surface area contributed by atoms with Gasteiger partial charge in [-0.15, -0.1) is 0 Å². The van der Waals surface area contributed by atoms with Crippen LogP contribution >= 0.6 is 0 Å². The molecular weight excluding hydrogens is 390 g/mol. The lowest BCUT2D eigenvalue weighted by atomic mass is 10.1. The smallest absolute Gasteiger partial charge is 0.253 e. The molecule has 3 aromatic rings. The van der Waals surface area contributed by atoms with Crippen molar-refractivity contribution in [2.24, 2.45) is 4.99 Å². The number of anilines is 1. The topological polar surface area (TPSA) is 117 Å². The van der Waals surface area contributed by atoms with Gasteiger partial charge in [0.1, 0.15) is 5.52 Å². The first-order chi connectivity index (χ1) is 13.9. The number of benzene rings is 1. The molecule has 29 heavy (non-hydrogen) atoms. The van der Waals surface area contributed by atoms with Gasteiger partial charge in [0.05, 0.1) is 27.7 Å². The van der Waals surface area contributed by atoms with E-state index in [1.165, 1.54) is 6.20 Å². The third-order valence-electron chi connectivity index (χ3n) is 4.67. The minimum Gasteiger partial charge on any atom is -0.343 e. The number of carbonyl (C=O) groups excluding carboxylic acids is 1. The lowest BCUT2D eigenvalue weighted by Gasteiger charge is -2.08. The highest BCUT2D eigenvalue weighted by Gasteiger charge is 2.19. The molecule has 2 N–H and O–H groups in total. The highest BCUT2D eigenvalue weighted by atomic mass is 32.2. The van der Waals surface area contributed by atoms with E-state index in [9.17, 15) is 13.2 Å². The van der Waals surface area contributed by atoms with Gasteiger partial charge in [-0.2, -0.15) is 0 Å². The number of fused-ring (bicyclic) bond motifs is 1. The number of aromatic amines is 1. The fourth-order valence-corrected chi connectivity index (χ4v) is 3.97. The largest absolute Gasteiger partial charge is 0.343 e. The van der Waals surface area contributed by atoms with Crippen LogP contribution in [0.4, 0.5) is 5.69 Å². The zero-order valence-corrected chi connectivity index (χ0v) is 16.7. The van der Waals surface area contributed by atoms with Gasteiger partial charge in [0.25, 0.3) is 5.91 Å². The van der Waals surface area contributed by atoms with E-state index in [1.54, 1.807) is 56.7 Å². The third-order valence-corrected chi connectivity index (χ3v) is 6.84. The molecule has 1 aromatic carbocycles. The van der Waals surface area contributed by atoms with E-state index < -0.39 is 15.1 Å². The Hall–Kier alpha value is -3.33. The van der Waals surface area contributed by atoms with E-state index in [4.69, 9.17) is 0 Å². The Morgan fingerprint density at radius 2 is 1.97 bits per heavy atom. The summed E-state index contributed by atoms with van der Waals surface area (Å²) >= 11 is 0. The van der Waals surface area contributed by atoms with Gasteiger partial charge in [-0.3, -0.25) is 9.79 Å². The molecule has 0 atom stereocenters. The minimum absolute atomic E-state index is 0.237. The van der Waals surface area contributed by atoms with Crippen LogP contribution < -0.4 is 5.32 Å². The van der Waals surface area contributed by atoms with Crippen molar-refractivity contribution in [3.8, 4) is 11.3 Å². The molecule has 0 unspecified atom stereocenters. The van der Waals surface area contributed by atoms with Gasteiger partial charge < -0.3 is 10.3 Å². The molecule has 3 heterocycles. The molecule has 0 aliphatic carbocycles. The summed E-state index contributed by atoms with van der Waals surface area (Å²) in [6.07, 6.45) is 6.95. The molecule has 8 nitrogen and oxygen atoms in total. The molecule has 9 heteroatoms. The molecule has 2 aromatic heterocycles. The summed E-state index contributed by atoms with van der Waals surface area (Å²) in [6.45, 7) is 3.30. The average Bonchev–Trinajstić information content (AvgIpc) is 3.38. The van der Waals surface area contributed by atoms with Crippen LogP contribution in [0.1, 0.15) is 20.3 Å². The molecule has 148 valence electrons. The van der Waals surface area contributed by atoms with Crippen LogP contribution in [0.2, 0.25) is 0 Å². The zero-order valence-electron chi connectivity index (χ0n) is 15.9. The number of sulfone groups is 1. The molecule has 0 fully saturated rings. The van der Waals surface area contributed by atoms with Crippen molar-refractivity contribution in [3.63, 3.8) is 0 Å². The lowest BCUT2D eigenvalue weighted by molar-refractivity contribution is -0.112. The summed E-state index contributed by atoms with van der Waals surface area (Å²) < 4.78 is 24.6. The van der Waals surface area contributed by atoms with Gasteiger partial charge >= 0.3 is 0 Å². The van der Waals surface area contributed by atoms with Crippen LogP contribution in [-0.4, -0.2) is 40.7 Å². The van der Waals surface area contributed by atoms with Gasteiger partial charge in [-0.05, 0) is 26.0 Å². The fraction of sp³-hybridized carbons (Fsp3) is 0.200. The van der Waals surface area contributed by atoms with E-state index in [2.05, 4.69) is 25.3 Å². The van der Waals surface area contributed by atoms with E-state index >= 15 is 0 Å². The fourth-order valence-electron chi connectivity index (χ4n) is 2.91. The number of aromatic nitrogens is 3. The first-order valence-corrected chi connectivity index (χ1v) is 10.6. The number of aliphatic imine (C=N–C) groups is 1. The van der Waals surface area contributed by atoms with Crippen molar-refractivity contribution in [3.05, 3.63) is 48.4 Å². The lowest BCUT2D eigenvalue weighted by Crippen LogP contribution is -2.13. The number of hydrogen-bond donors (Lipinski definition) is 2. The van der Waals surface area contributed by atoms with E-state index in [0.29, 0.717) is 34.5 Å². The first-order valence-electron chi connectivity index (χ1n) is 9.07. The third kappa shape index (κ3) is 3.56. The summed E-state index contributed by atoms with van der Waals surface area (Å²) in [5.41, 5.74) is 3.46. The zero-order chi connectivity index (χ0) is 20.6. The maximum absolute atomic E-state index is 12.3. The maximum atomic E-state index is 12.3. The molecule has 1 amide bonds. The summed E-state index contributed by atoms with van der Waals surface area (Å²) in [4.78, 5) is 28.5. The van der Waals surface area contributed by atoms with Crippen LogP contribution in [0.25, 0.3) is 22.4 Å². The van der Waals surface area contributed by atoms with Crippen molar-refractivity contribution < 1.29 is 13.2 Å². The van der Waals surface area contributed by atoms with Crippen LogP contribution in [0.5, 0.6) is 0 Å². The highest BCUT2D eigenvalue weighted by Crippen LogP contribution is 2.26. The number of nitrogens with zero attached hydrogens (tertiary/aromatic N) is 3. The second kappa shape index (κ2) is 7.25. The minimum atomic E-state index is -3.33. The summed E-state index contributed by atoms with van der Waals surface area (Å²) in [5.74, 6) is -0.237. The Labute approximate surface area is 167 Å². The van der Waals surface area contributed by atoms with Crippen LogP contribution in [0, 0.1) is 0 Å². The number of carbonyl (C=O) groups is 1. The van der Waals surface area contributed by atoms with Crippen molar-refractivity contribution >= 4 is 38.8 Å². The molecule has 1 aliphatic rings. The Balaban J connectivity index is 1.64. The maximum Gasteiger partial charge on any atom is 0.253 e. The van der Waals surface area contributed by atoms with Gasteiger partial charge in [-0.25, -0.2) is 18.4 Å². The summed E-state index contributed by atoms with van der Waals surface area (Å²) in [7, 11) is -3.33. The van der Waals surface area contributed by atoms with Crippen LogP contribution in [0.3, 0.4) is 0 Å². The Morgan fingerprint density at radius 1 is 1.21 bits per heavy atom. The van der Waals surface area contributed by atoms with E-state index in [-0.39, 0.29) is 10.8 Å². The van der Waals surface area contributed by atoms with Crippen molar-refractivity contribution in [2.75, 3.05) is 5.32 Å². The second-order valence-corrected chi connectivity index (χ2v) is 9.42. The monoisotopic (exact) mass is 409 g/mol. The van der Waals surface area contributed by atoms with Gasteiger partial charge in [0.15, 0.2) is 15.5 Å². The number of hydrogen-bond acceptors (Lipinski definition) is 6. The first kappa shape index (κ1) is 19.0. The number of rotatable bonds is 5. The second-order valence-electron chi connectivity index (χ2n) is 6.92. The quantitative estimate of drug-likeness (QED) is 0.671. The number of nitrogens with one attached hydrogen (secondary N) is 2. The molecule has 0 spiro atoms. The molecule has 4 rings (SSSR count). The Bertz CT molecular complexity index is 1260. The summed E-state index contributed by atoms with van der Waals surface area (Å²) in [6, 6.07) is 6.55. The van der Waals surface area contributed by atoms with Crippen LogP contribution in [-0.2, 0) is 14.6 Å². The molecule has 0 saturated heterocycles. The molecular formula is C20H19N5O3S. The molecule has 0 bridgehead atoms. The summed E-state index contributed by atoms with van der Waals surface area (Å²) in [5, 5.41) is 2.34. The highest BCUT2D eigenvalue weighted by molar-refractivity contribution is 7.92.